The van der Waals surface area contributed by atoms with E-state index >= 15 is 0 Å². The number of unbranched alkanes of at least 4 members (excludes halogenated alkanes) is 1. The molecule has 0 spiro atoms. The zero-order chi connectivity index (χ0) is 9.73. The first-order valence-electron chi connectivity index (χ1n) is 5.05. The maximum Gasteiger partial charge on any atom is 0.150 e. The van der Waals surface area contributed by atoms with Crippen LogP contribution in [0.25, 0.3) is 0 Å². The fourth-order valence-electron chi connectivity index (χ4n) is 1.64. The zero-order valence-corrected chi connectivity index (χ0v) is 9.07. The molecule has 0 saturated carbocycles. The molecular formula is C9H19NO2S. The number of hydrogen-bond acceptors (Lipinski definition) is 3. The van der Waals surface area contributed by atoms with Crippen LogP contribution in [0.4, 0.5) is 0 Å². The average molecular weight is 205 g/mol. The molecule has 1 aliphatic rings. The molecule has 1 rings (SSSR count). The van der Waals surface area contributed by atoms with Gasteiger partial charge in [-0.15, -0.1) is 0 Å². The predicted octanol–water partition coefficient (Wildman–Crippen LogP) is 0.811. The fourth-order valence-corrected chi connectivity index (χ4v) is 3.50. The van der Waals surface area contributed by atoms with E-state index in [-0.39, 0.29) is 0 Å². The van der Waals surface area contributed by atoms with Gasteiger partial charge in [-0.3, -0.25) is 0 Å². The standard InChI is InChI=1S/C9H19NO2S/c1-2-3-5-10-7-9-4-6-13(11,12)8-9/h9-10H,2-8H2,1H3. The summed E-state index contributed by atoms with van der Waals surface area (Å²) in [5.74, 6) is 1.15. The van der Waals surface area contributed by atoms with E-state index in [1.54, 1.807) is 0 Å². The van der Waals surface area contributed by atoms with Gasteiger partial charge in [-0.25, -0.2) is 8.42 Å². The van der Waals surface area contributed by atoms with E-state index in [1.807, 2.05) is 0 Å². The Kier molecular flexibility index (Phi) is 4.19. The van der Waals surface area contributed by atoms with Crippen LogP contribution < -0.4 is 5.32 Å². The van der Waals surface area contributed by atoms with Crippen molar-refractivity contribution in [3.05, 3.63) is 0 Å². The van der Waals surface area contributed by atoms with Crippen molar-refractivity contribution in [2.75, 3.05) is 24.6 Å². The highest BCUT2D eigenvalue weighted by Gasteiger charge is 2.26. The van der Waals surface area contributed by atoms with Crippen molar-refractivity contribution >= 4 is 9.84 Å². The lowest BCUT2D eigenvalue weighted by Gasteiger charge is -2.08. The highest BCUT2D eigenvalue weighted by atomic mass is 32.2. The molecule has 0 radical (unpaired) electrons. The van der Waals surface area contributed by atoms with Crippen molar-refractivity contribution in [2.24, 2.45) is 5.92 Å². The summed E-state index contributed by atoms with van der Waals surface area (Å²) in [6.45, 7) is 4.05. The van der Waals surface area contributed by atoms with Gasteiger partial charge >= 0.3 is 0 Å². The average Bonchev–Trinajstić information content (AvgIpc) is 2.40. The third-order valence-corrected chi connectivity index (χ3v) is 4.30. The summed E-state index contributed by atoms with van der Waals surface area (Å²) in [6.07, 6.45) is 3.22. The Morgan fingerprint density at radius 1 is 1.46 bits per heavy atom. The van der Waals surface area contributed by atoms with E-state index in [0.29, 0.717) is 17.4 Å². The summed E-state index contributed by atoms with van der Waals surface area (Å²) in [4.78, 5) is 0. The molecule has 1 saturated heterocycles. The molecule has 0 bridgehead atoms. The van der Waals surface area contributed by atoms with Crippen LogP contribution in [0.5, 0.6) is 0 Å². The van der Waals surface area contributed by atoms with Crippen molar-refractivity contribution < 1.29 is 8.42 Å². The van der Waals surface area contributed by atoms with Crippen LogP contribution in [0.2, 0.25) is 0 Å². The molecule has 13 heavy (non-hydrogen) atoms. The topological polar surface area (TPSA) is 46.2 Å². The molecule has 0 aromatic rings. The quantitative estimate of drug-likeness (QED) is 0.676. The number of sulfone groups is 1. The van der Waals surface area contributed by atoms with E-state index < -0.39 is 9.84 Å². The molecule has 1 N–H and O–H groups in total. The Hall–Kier alpha value is -0.0900. The summed E-state index contributed by atoms with van der Waals surface area (Å²) in [6, 6.07) is 0. The third kappa shape index (κ3) is 4.09. The van der Waals surface area contributed by atoms with E-state index in [4.69, 9.17) is 0 Å². The van der Waals surface area contributed by atoms with Crippen molar-refractivity contribution in [1.82, 2.24) is 5.32 Å². The molecule has 1 atom stereocenters. The van der Waals surface area contributed by atoms with Gasteiger partial charge in [0.1, 0.15) is 0 Å². The SMILES string of the molecule is CCCCNCC1CCS(=O)(=O)C1. The van der Waals surface area contributed by atoms with Gasteiger partial charge in [-0.2, -0.15) is 0 Å². The monoisotopic (exact) mass is 205 g/mol. The van der Waals surface area contributed by atoms with E-state index in [1.165, 1.54) is 12.8 Å². The zero-order valence-electron chi connectivity index (χ0n) is 8.25. The maximum atomic E-state index is 11.1. The van der Waals surface area contributed by atoms with Gasteiger partial charge in [-0.05, 0) is 31.8 Å². The minimum absolute atomic E-state index is 0.363. The molecule has 78 valence electrons. The molecule has 4 heteroatoms. The molecule has 0 aromatic heterocycles. The predicted molar refractivity (Wildman–Crippen MR) is 54.5 cm³/mol. The van der Waals surface area contributed by atoms with Crippen LogP contribution in [0, 0.1) is 5.92 Å². The van der Waals surface area contributed by atoms with Crippen LogP contribution >= 0.6 is 0 Å². The van der Waals surface area contributed by atoms with Gasteiger partial charge in [0.25, 0.3) is 0 Å². The molecule has 1 fully saturated rings. The van der Waals surface area contributed by atoms with Gasteiger partial charge in [0, 0.05) is 0 Å². The Morgan fingerprint density at radius 3 is 2.77 bits per heavy atom. The Labute approximate surface area is 80.8 Å². The van der Waals surface area contributed by atoms with E-state index in [2.05, 4.69) is 12.2 Å². The molecule has 0 aliphatic carbocycles. The first-order chi connectivity index (χ1) is 6.14. The van der Waals surface area contributed by atoms with Crippen molar-refractivity contribution in [1.29, 1.82) is 0 Å². The Morgan fingerprint density at radius 2 is 2.23 bits per heavy atom. The molecular weight excluding hydrogens is 186 g/mol. The third-order valence-electron chi connectivity index (χ3n) is 2.47. The van der Waals surface area contributed by atoms with Crippen molar-refractivity contribution in [3.63, 3.8) is 0 Å². The van der Waals surface area contributed by atoms with Gasteiger partial charge in [-0.1, -0.05) is 13.3 Å². The van der Waals surface area contributed by atoms with Gasteiger partial charge in [0.15, 0.2) is 9.84 Å². The lowest BCUT2D eigenvalue weighted by atomic mass is 10.1. The fraction of sp³-hybridized carbons (Fsp3) is 1.00. The number of nitrogens with one attached hydrogen (secondary N) is 1. The molecule has 0 amide bonds. The molecule has 1 heterocycles. The second-order valence-corrected chi connectivity index (χ2v) is 6.06. The lowest BCUT2D eigenvalue weighted by Crippen LogP contribution is -2.24. The van der Waals surface area contributed by atoms with E-state index in [0.717, 1.165) is 19.5 Å². The minimum atomic E-state index is -2.68. The smallest absolute Gasteiger partial charge is 0.150 e. The summed E-state index contributed by atoms with van der Waals surface area (Å²) in [5.41, 5.74) is 0. The Bertz CT molecular complexity index is 236. The first-order valence-corrected chi connectivity index (χ1v) is 6.87. The van der Waals surface area contributed by atoms with Crippen LogP contribution in [-0.4, -0.2) is 33.0 Å². The van der Waals surface area contributed by atoms with Gasteiger partial charge < -0.3 is 5.32 Å². The van der Waals surface area contributed by atoms with E-state index in [9.17, 15) is 8.42 Å². The van der Waals surface area contributed by atoms with Crippen molar-refractivity contribution in [2.45, 2.75) is 26.2 Å². The van der Waals surface area contributed by atoms with Gasteiger partial charge in [0.2, 0.25) is 0 Å². The summed E-state index contributed by atoms with van der Waals surface area (Å²) in [5, 5.41) is 3.30. The second-order valence-electron chi connectivity index (χ2n) is 3.83. The van der Waals surface area contributed by atoms with Crippen LogP contribution in [0.3, 0.4) is 0 Å². The van der Waals surface area contributed by atoms with Crippen LogP contribution in [0.15, 0.2) is 0 Å². The first kappa shape index (κ1) is 11.0. The normalized spacial score (nSPS) is 26.4. The summed E-state index contributed by atoms with van der Waals surface area (Å²) >= 11 is 0. The van der Waals surface area contributed by atoms with Crippen LogP contribution in [-0.2, 0) is 9.84 Å². The summed E-state index contributed by atoms with van der Waals surface area (Å²) < 4.78 is 22.2. The number of hydrogen-bond donors (Lipinski definition) is 1. The minimum Gasteiger partial charge on any atom is -0.316 e. The maximum absolute atomic E-state index is 11.1. The molecule has 0 aromatic carbocycles. The van der Waals surface area contributed by atoms with Crippen molar-refractivity contribution in [3.8, 4) is 0 Å². The molecule has 1 unspecified atom stereocenters. The molecule has 1 aliphatic heterocycles. The largest absolute Gasteiger partial charge is 0.316 e. The summed E-state index contributed by atoms with van der Waals surface area (Å²) in [7, 11) is -2.68. The highest BCUT2D eigenvalue weighted by molar-refractivity contribution is 7.91. The second kappa shape index (κ2) is 4.96. The Balaban J connectivity index is 2.11. The van der Waals surface area contributed by atoms with Crippen LogP contribution in [0.1, 0.15) is 26.2 Å². The van der Waals surface area contributed by atoms with Gasteiger partial charge in [0.05, 0.1) is 11.5 Å². The highest BCUT2D eigenvalue weighted by Crippen LogP contribution is 2.17. The number of rotatable bonds is 5. The molecule has 3 nitrogen and oxygen atoms in total. The lowest BCUT2D eigenvalue weighted by molar-refractivity contribution is 0.513.